The van der Waals surface area contributed by atoms with Crippen LogP contribution in [-0.2, 0) is 6.42 Å². The van der Waals surface area contributed by atoms with E-state index < -0.39 is 0 Å². The van der Waals surface area contributed by atoms with E-state index in [0.29, 0.717) is 21.8 Å². The minimum Gasteiger partial charge on any atom is -0.399 e. The van der Waals surface area contributed by atoms with Crippen molar-refractivity contribution < 1.29 is 4.79 Å². The monoisotopic (exact) mass is 326 g/mol. The third-order valence-corrected chi connectivity index (χ3v) is 3.98. The fourth-order valence-electron chi connectivity index (χ4n) is 2.56. The van der Waals surface area contributed by atoms with Gasteiger partial charge in [0.05, 0.1) is 11.9 Å². The lowest BCUT2D eigenvalue weighted by Gasteiger charge is -2.11. The topological polar surface area (TPSA) is 65.1 Å². The zero-order valence-corrected chi connectivity index (χ0v) is 13.3. The maximum Gasteiger partial charge on any atom is 0.260 e. The standard InChI is InChI=1S/C18H15ClN2O2/c1-11-8-13-4-7-15(20)10-16(13)21(18(11)23)17(22)9-12-2-5-14(19)6-3-12/h2-8,10H,9,20H2,1H3. The van der Waals surface area contributed by atoms with Crippen molar-refractivity contribution in [2.75, 3.05) is 5.73 Å². The van der Waals surface area contributed by atoms with Gasteiger partial charge in [0.25, 0.3) is 5.56 Å². The third-order valence-electron chi connectivity index (χ3n) is 3.73. The summed E-state index contributed by atoms with van der Waals surface area (Å²) in [4.78, 5) is 25.1. The van der Waals surface area contributed by atoms with E-state index in [1.807, 2.05) is 6.07 Å². The van der Waals surface area contributed by atoms with Crippen molar-refractivity contribution in [2.45, 2.75) is 13.3 Å². The smallest absolute Gasteiger partial charge is 0.260 e. The lowest BCUT2D eigenvalue weighted by Crippen LogP contribution is -2.29. The van der Waals surface area contributed by atoms with Crippen LogP contribution in [0.4, 0.5) is 5.69 Å². The number of carbonyl (C=O) groups is 1. The Morgan fingerprint density at radius 1 is 1.13 bits per heavy atom. The highest BCUT2D eigenvalue weighted by Gasteiger charge is 2.14. The molecular formula is C18H15ClN2O2. The highest BCUT2D eigenvalue weighted by molar-refractivity contribution is 6.30. The fraction of sp³-hybridized carbons (Fsp3) is 0.111. The molecule has 23 heavy (non-hydrogen) atoms. The predicted octanol–water partition coefficient (Wildman–Crippen LogP) is 3.43. The van der Waals surface area contributed by atoms with E-state index in [2.05, 4.69) is 0 Å². The lowest BCUT2D eigenvalue weighted by atomic mass is 10.1. The Morgan fingerprint density at radius 2 is 1.83 bits per heavy atom. The molecule has 0 amide bonds. The number of fused-ring (bicyclic) bond motifs is 1. The van der Waals surface area contributed by atoms with Crippen LogP contribution in [0.1, 0.15) is 15.9 Å². The average Bonchev–Trinajstić information content (AvgIpc) is 2.51. The van der Waals surface area contributed by atoms with Crippen molar-refractivity contribution in [3.05, 3.63) is 75.0 Å². The van der Waals surface area contributed by atoms with Crippen LogP contribution in [0, 0.1) is 6.92 Å². The number of aryl methyl sites for hydroxylation is 1. The van der Waals surface area contributed by atoms with Crippen LogP contribution in [0.3, 0.4) is 0 Å². The van der Waals surface area contributed by atoms with E-state index >= 15 is 0 Å². The zero-order valence-electron chi connectivity index (χ0n) is 12.5. The van der Waals surface area contributed by atoms with Gasteiger partial charge in [-0.3, -0.25) is 9.59 Å². The van der Waals surface area contributed by atoms with Gasteiger partial charge in [0.15, 0.2) is 0 Å². The van der Waals surface area contributed by atoms with E-state index in [9.17, 15) is 9.59 Å². The number of hydrogen-bond donors (Lipinski definition) is 1. The SMILES string of the molecule is Cc1cc2ccc(N)cc2n(C(=O)Cc2ccc(Cl)cc2)c1=O. The molecule has 1 heterocycles. The van der Waals surface area contributed by atoms with Crippen molar-refractivity contribution in [1.82, 2.24) is 4.57 Å². The second-order valence-corrected chi connectivity index (χ2v) is 5.92. The molecule has 2 N–H and O–H groups in total. The van der Waals surface area contributed by atoms with Gasteiger partial charge in [-0.25, -0.2) is 4.57 Å². The van der Waals surface area contributed by atoms with Gasteiger partial charge in [0.2, 0.25) is 5.91 Å². The number of anilines is 1. The number of aromatic nitrogens is 1. The molecule has 0 aliphatic carbocycles. The molecule has 0 radical (unpaired) electrons. The van der Waals surface area contributed by atoms with E-state index in [1.54, 1.807) is 49.4 Å². The molecule has 1 aromatic heterocycles. The van der Waals surface area contributed by atoms with Crippen LogP contribution in [0.2, 0.25) is 5.02 Å². The molecule has 0 atom stereocenters. The molecule has 0 aliphatic rings. The summed E-state index contributed by atoms with van der Waals surface area (Å²) in [6.45, 7) is 1.70. The Hall–Kier alpha value is -2.59. The summed E-state index contributed by atoms with van der Waals surface area (Å²) in [5.41, 5.74) is 7.84. The maximum absolute atomic E-state index is 12.7. The summed E-state index contributed by atoms with van der Waals surface area (Å²) in [6.07, 6.45) is 0.116. The van der Waals surface area contributed by atoms with Gasteiger partial charge in [-0.05, 0) is 48.2 Å². The third kappa shape index (κ3) is 2.98. The summed E-state index contributed by atoms with van der Waals surface area (Å²) in [5.74, 6) is -0.295. The van der Waals surface area contributed by atoms with Crippen LogP contribution in [0.15, 0.2) is 53.3 Å². The molecule has 2 aromatic carbocycles. The molecule has 0 saturated heterocycles. The van der Waals surface area contributed by atoms with Gasteiger partial charge >= 0.3 is 0 Å². The first-order valence-corrected chi connectivity index (χ1v) is 7.53. The summed E-state index contributed by atoms with van der Waals surface area (Å²) in [6, 6.07) is 14.0. The van der Waals surface area contributed by atoms with E-state index in [4.69, 9.17) is 17.3 Å². The van der Waals surface area contributed by atoms with Crippen LogP contribution < -0.4 is 11.3 Å². The van der Waals surface area contributed by atoms with Gasteiger partial charge in [-0.15, -0.1) is 0 Å². The molecule has 0 fully saturated rings. The predicted molar refractivity (Wildman–Crippen MR) is 93.1 cm³/mol. The maximum atomic E-state index is 12.7. The molecule has 0 bridgehead atoms. The molecule has 116 valence electrons. The normalized spacial score (nSPS) is 10.9. The lowest BCUT2D eigenvalue weighted by molar-refractivity contribution is 0.0915. The van der Waals surface area contributed by atoms with E-state index in [1.165, 1.54) is 4.57 Å². The van der Waals surface area contributed by atoms with Crippen molar-refractivity contribution in [2.24, 2.45) is 0 Å². The van der Waals surface area contributed by atoms with Gasteiger partial charge in [-0.1, -0.05) is 29.8 Å². The summed E-state index contributed by atoms with van der Waals surface area (Å²) >= 11 is 5.85. The minimum absolute atomic E-state index is 0.116. The number of nitrogens with two attached hydrogens (primary N) is 1. The zero-order chi connectivity index (χ0) is 16.6. The number of benzene rings is 2. The summed E-state index contributed by atoms with van der Waals surface area (Å²) < 4.78 is 1.20. The van der Waals surface area contributed by atoms with Crippen molar-refractivity contribution >= 4 is 34.1 Å². The molecule has 3 rings (SSSR count). The number of rotatable bonds is 2. The molecule has 5 heteroatoms. The van der Waals surface area contributed by atoms with Crippen molar-refractivity contribution in [3.63, 3.8) is 0 Å². The minimum atomic E-state index is -0.318. The molecule has 0 unspecified atom stereocenters. The molecule has 0 spiro atoms. The Labute approximate surface area is 138 Å². The molecular weight excluding hydrogens is 312 g/mol. The number of hydrogen-bond acceptors (Lipinski definition) is 3. The largest absolute Gasteiger partial charge is 0.399 e. The number of nitrogens with zero attached hydrogens (tertiary/aromatic N) is 1. The van der Waals surface area contributed by atoms with Crippen LogP contribution in [-0.4, -0.2) is 10.5 Å². The molecule has 4 nitrogen and oxygen atoms in total. The van der Waals surface area contributed by atoms with Gasteiger partial charge in [0.1, 0.15) is 0 Å². The molecule has 0 saturated carbocycles. The second kappa shape index (κ2) is 5.89. The Morgan fingerprint density at radius 3 is 2.52 bits per heavy atom. The van der Waals surface area contributed by atoms with Crippen molar-refractivity contribution in [3.8, 4) is 0 Å². The second-order valence-electron chi connectivity index (χ2n) is 5.48. The van der Waals surface area contributed by atoms with Crippen LogP contribution in [0.5, 0.6) is 0 Å². The highest BCUT2D eigenvalue weighted by Crippen LogP contribution is 2.18. The van der Waals surface area contributed by atoms with Crippen molar-refractivity contribution in [1.29, 1.82) is 0 Å². The van der Waals surface area contributed by atoms with Crippen LogP contribution in [0.25, 0.3) is 10.9 Å². The summed E-state index contributed by atoms with van der Waals surface area (Å²) in [5, 5.41) is 1.41. The first kappa shape index (κ1) is 15.3. The molecule has 0 aliphatic heterocycles. The van der Waals surface area contributed by atoms with Crippen LogP contribution >= 0.6 is 11.6 Å². The number of nitrogen functional groups attached to an aromatic ring is 1. The van der Waals surface area contributed by atoms with E-state index in [0.717, 1.165) is 10.9 Å². The first-order chi connectivity index (χ1) is 11.0. The fourth-order valence-corrected chi connectivity index (χ4v) is 2.69. The quantitative estimate of drug-likeness (QED) is 0.734. The highest BCUT2D eigenvalue weighted by atomic mass is 35.5. The van der Waals surface area contributed by atoms with E-state index in [-0.39, 0.29) is 17.9 Å². The summed E-state index contributed by atoms with van der Waals surface area (Å²) in [7, 11) is 0. The Kier molecular flexibility index (Phi) is 3.92. The number of pyridine rings is 1. The Bertz CT molecular complexity index is 959. The van der Waals surface area contributed by atoms with Gasteiger partial charge in [0, 0.05) is 16.3 Å². The Balaban J connectivity index is 2.12. The number of carbonyl (C=O) groups excluding carboxylic acids is 1. The number of halogens is 1. The average molecular weight is 327 g/mol. The first-order valence-electron chi connectivity index (χ1n) is 7.15. The molecule has 3 aromatic rings. The van der Waals surface area contributed by atoms with Gasteiger partial charge in [-0.2, -0.15) is 0 Å². The van der Waals surface area contributed by atoms with Gasteiger partial charge < -0.3 is 5.73 Å².